The number of nitrogens with one attached hydrogen (secondary N) is 2. The van der Waals surface area contributed by atoms with E-state index in [1.54, 1.807) is 6.92 Å². The Morgan fingerprint density at radius 1 is 1.19 bits per heavy atom. The van der Waals surface area contributed by atoms with E-state index in [0.717, 1.165) is 12.5 Å². The molecule has 1 aromatic carbocycles. The number of anilines is 1. The third-order valence-corrected chi connectivity index (χ3v) is 2.90. The zero-order valence-corrected chi connectivity index (χ0v) is 11.8. The van der Waals surface area contributed by atoms with Crippen LogP contribution in [0.1, 0.15) is 26.7 Å². The van der Waals surface area contributed by atoms with Gasteiger partial charge in [-0.2, -0.15) is 0 Å². The first-order valence-corrected chi connectivity index (χ1v) is 6.57. The highest BCUT2D eigenvalue weighted by molar-refractivity contribution is 5.94. The van der Waals surface area contributed by atoms with Gasteiger partial charge in [0.1, 0.15) is 0 Å². The molecule has 1 aromatic rings. The second kappa shape index (κ2) is 7.66. The molecule has 4 nitrogen and oxygen atoms in total. The maximum atomic E-state index is 13.3. The summed E-state index contributed by atoms with van der Waals surface area (Å²) < 4.78 is 39.0. The smallest absolute Gasteiger partial charge is 0.243 e. The van der Waals surface area contributed by atoms with Crippen molar-refractivity contribution in [3.8, 4) is 0 Å². The molecule has 1 rings (SSSR count). The van der Waals surface area contributed by atoms with Gasteiger partial charge in [0.15, 0.2) is 17.5 Å². The standard InChI is InChI=1S/C14H17F3N2O2/c1-3-4-8(2)14(21)18-7-11(20)19-10-6-5-9(15)12(16)13(10)17/h5-6,8H,3-4,7H2,1-2H3,(H,18,21)(H,19,20). The lowest BCUT2D eigenvalue weighted by atomic mass is 10.1. The molecule has 0 aliphatic rings. The number of benzene rings is 1. The number of halogens is 3. The van der Waals surface area contributed by atoms with Crippen LogP contribution < -0.4 is 10.6 Å². The van der Waals surface area contributed by atoms with Crippen LogP contribution in [-0.4, -0.2) is 18.4 Å². The zero-order chi connectivity index (χ0) is 16.0. The van der Waals surface area contributed by atoms with Crippen LogP contribution in [0.2, 0.25) is 0 Å². The fourth-order valence-electron chi connectivity index (χ4n) is 1.72. The molecule has 0 saturated heterocycles. The minimum Gasteiger partial charge on any atom is -0.347 e. The van der Waals surface area contributed by atoms with E-state index in [-0.39, 0.29) is 18.4 Å². The van der Waals surface area contributed by atoms with E-state index < -0.39 is 29.0 Å². The summed E-state index contributed by atoms with van der Waals surface area (Å²) in [7, 11) is 0. The van der Waals surface area contributed by atoms with Crippen LogP contribution in [0.4, 0.5) is 18.9 Å². The lowest BCUT2D eigenvalue weighted by Gasteiger charge is -2.11. The van der Waals surface area contributed by atoms with Crippen molar-refractivity contribution in [3.05, 3.63) is 29.6 Å². The van der Waals surface area contributed by atoms with Crippen LogP contribution in [0.25, 0.3) is 0 Å². The summed E-state index contributed by atoms with van der Waals surface area (Å²) in [5, 5.41) is 4.46. The maximum absolute atomic E-state index is 13.3. The van der Waals surface area contributed by atoms with Crippen LogP contribution in [0.5, 0.6) is 0 Å². The van der Waals surface area contributed by atoms with Crippen molar-refractivity contribution in [1.82, 2.24) is 5.32 Å². The average Bonchev–Trinajstić information content (AvgIpc) is 2.45. The Kier molecular flexibility index (Phi) is 6.20. The second-order valence-electron chi connectivity index (χ2n) is 4.68. The fourth-order valence-corrected chi connectivity index (χ4v) is 1.72. The number of hydrogen-bond acceptors (Lipinski definition) is 2. The van der Waals surface area contributed by atoms with Gasteiger partial charge in [0.25, 0.3) is 0 Å². The molecule has 1 unspecified atom stereocenters. The number of amides is 2. The largest absolute Gasteiger partial charge is 0.347 e. The van der Waals surface area contributed by atoms with Crippen LogP contribution in [-0.2, 0) is 9.59 Å². The Labute approximate surface area is 120 Å². The molecular formula is C14H17F3N2O2. The van der Waals surface area contributed by atoms with Crippen LogP contribution in [0, 0.1) is 23.4 Å². The molecule has 2 N–H and O–H groups in total. The molecule has 0 aliphatic carbocycles. The quantitative estimate of drug-likeness (QED) is 0.794. The minimum absolute atomic E-state index is 0.234. The topological polar surface area (TPSA) is 58.2 Å². The molecule has 0 aliphatic heterocycles. The molecule has 2 amide bonds. The monoisotopic (exact) mass is 302 g/mol. The molecule has 0 spiro atoms. The van der Waals surface area contributed by atoms with Gasteiger partial charge in [-0.1, -0.05) is 20.3 Å². The number of hydrogen-bond donors (Lipinski definition) is 2. The van der Waals surface area contributed by atoms with Crippen molar-refractivity contribution in [2.75, 3.05) is 11.9 Å². The number of carbonyl (C=O) groups is 2. The molecule has 0 saturated carbocycles. The summed E-state index contributed by atoms with van der Waals surface area (Å²) in [6.45, 7) is 3.29. The second-order valence-corrected chi connectivity index (χ2v) is 4.68. The first kappa shape index (κ1) is 17.0. The van der Waals surface area contributed by atoms with Crippen LogP contribution >= 0.6 is 0 Å². The molecule has 21 heavy (non-hydrogen) atoms. The molecule has 7 heteroatoms. The molecular weight excluding hydrogens is 285 g/mol. The molecule has 0 fully saturated rings. The van der Waals surface area contributed by atoms with Gasteiger partial charge in [0, 0.05) is 5.92 Å². The molecule has 0 bridgehead atoms. The first-order valence-electron chi connectivity index (χ1n) is 6.57. The average molecular weight is 302 g/mol. The van der Waals surface area contributed by atoms with E-state index in [2.05, 4.69) is 10.6 Å². The van der Waals surface area contributed by atoms with Gasteiger partial charge in [0.2, 0.25) is 11.8 Å². The van der Waals surface area contributed by atoms with Gasteiger partial charge in [-0.05, 0) is 18.6 Å². The Balaban J connectivity index is 2.55. The lowest BCUT2D eigenvalue weighted by Crippen LogP contribution is -2.36. The van der Waals surface area contributed by atoms with E-state index in [9.17, 15) is 22.8 Å². The van der Waals surface area contributed by atoms with Gasteiger partial charge in [-0.25, -0.2) is 13.2 Å². The summed E-state index contributed by atoms with van der Waals surface area (Å²) in [6.07, 6.45) is 1.52. The number of carbonyl (C=O) groups excluding carboxylic acids is 2. The highest BCUT2D eigenvalue weighted by Gasteiger charge is 2.16. The summed E-state index contributed by atoms with van der Waals surface area (Å²) in [5.41, 5.74) is -0.477. The number of rotatable bonds is 6. The van der Waals surface area contributed by atoms with E-state index >= 15 is 0 Å². The molecule has 0 heterocycles. The molecule has 0 aromatic heterocycles. The predicted octanol–water partition coefficient (Wildman–Crippen LogP) is 2.59. The van der Waals surface area contributed by atoms with Crippen LogP contribution in [0.3, 0.4) is 0 Å². The molecule has 1 atom stereocenters. The lowest BCUT2D eigenvalue weighted by molar-refractivity contribution is -0.127. The summed E-state index contributed by atoms with van der Waals surface area (Å²) >= 11 is 0. The fraction of sp³-hybridized carbons (Fsp3) is 0.429. The highest BCUT2D eigenvalue weighted by atomic mass is 19.2. The van der Waals surface area contributed by atoms with Crippen molar-refractivity contribution in [1.29, 1.82) is 0 Å². The van der Waals surface area contributed by atoms with Gasteiger partial charge in [-0.3, -0.25) is 9.59 Å². The maximum Gasteiger partial charge on any atom is 0.243 e. The molecule has 0 radical (unpaired) electrons. The Bertz CT molecular complexity index is 535. The molecule has 116 valence electrons. The third kappa shape index (κ3) is 4.77. The normalized spacial score (nSPS) is 11.9. The Morgan fingerprint density at radius 2 is 1.86 bits per heavy atom. The van der Waals surface area contributed by atoms with Crippen molar-refractivity contribution in [3.63, 3.8) is 0 Å². The van der Waals surface area contributed by atoms with Crippen LogP contribution in [0.15, 0.2) is 12.1 Å². The SMILES string of the molecule is CCCC(C)C(=O)NCC(=O)Nc1ccc(F)c(F)c1F. The van der Waals surface area contributed by atoms with E-state index in [1.165, 1.54) is 0 Å². The Morgan fingerprint density at radius 3 is 2.48 bits per heavy atom. The van der Waals surface area contributed by atoms with Gasteiger partial charge >= 0.3 is 0 Å². The first-order chi connectivity index (χ1) is 9.86. The van der Waals surface area contributed by atoms with Crippen molar-refractivity contribution in [2.45, 2.75) is 26.7 Å². The summed E-state index contributed by atoms with van der Waals surface area (Å²) in [6, 6.07) is 1.61. The van der Waals surface area contributed by atoms with Gasteiger partial charge in [0.05, 0.1) is 12.2 Å². The Hall–Kier alpha value is -2.05. The van der Waals surface area contributed by atoms with E-state index in [1.807, 2.05) is 6.92 Å². The van der Waals surface area contributed by atoms with Crippen molar-refractivity contribution in [2.24, 2.45) is 5.92 Å². The minimum atomic E-state index is -1.66. The zero-order valence-electron chi connectivity index (χ0n) is 11.8. The van der Waals surface area contributed by atoms with E-state index in [4.69, 9.17) is 0 Å². The summed E-state index contributed by atoms with van der Waals surface area (Å²) in [5.74, 6) is -5.73. The summed E-state index contributed by atoms with van der Waals surface area (Å²) in [4.78, 5) is 23.1. The van der Waals surface area contributed by atoms with Crippen molar-refractivity contribution >= 4 is 17.5 Å². The highest BCUT2D eigenvalue weighted by Crippen LogP contribution is 2.19. The van der Waals surface area contributed by atoms with Crippen molar-refractivity contribution < 1.29 is 22.8 Å². The predicted molar refractivity (Wildman–Crippen MR) is 72.0 cm³/mol. The van der Waals surface area contributed by atoms with Gasteiger partial charge in [-0.15, -0.1) is 0 Å². The third-order valence-electron chi connectivity index (χ3n) is 2.90. The van der Waals surface area contributed by atoms with Gasteiger partial charge < -0.3 is 10.6 Å². The van der Waals surface area contributed by atoms with E-state index in [0.29, 0.717) is 12.5 Å².